The summed E-state index contributed by atoms with van der Waals surface area (Å²) < 4.78 is 0. The van der Waals surface area contributed by atoms with Crippen molar-refractivity contribution in [2.75, 3.05) is 13.1 Å². The Morgan fingerprint density at radius 2 is 2.11 bits per heavy atom. The average Bonchev–Trinajstić information content (AvgIpc) is 3.19. The van der Waals surface area contributed by atoms with Crippen molar-refractivity contribution < 1.29 is 0 Å². The van der Waals surface area contributed by atoms with Crippen molar-refractivity contribution in [2.24, 2.45) is 5.92 Å². The monoisotopic (exact) mass is 263 g/mol. The van der Waals surface area contributed by atoms with Crippen LogP contribution in [0.3, 0.4) is 0 Å². The van der Waals surface area contributed by atoms with Gasteiger partial charge >= 0.3 is 0 Å². The molecule has 3 heteroatoms. The molecule has 0 radical (unpaired) electrons. The van der Waals surface area contributed by atoms with Crippen LogP contribution < -0.4 is 5.32 Å². The maximum atomic E-state index is 9.64. The lowest BCUT2D eigenvalue weighted by atomic mass is 9.79. The lowest BCUT2D eigenvalue weighted by Crippen LogP contribution is -2.54. The fraction of sp³-hybridized carbons (Fsp3) is 0.938. The van der Waals surface area contributed by atoms with Crippen molar-refractivity contribution in [2.45, 2.75) is 76.9 Å². The van der Waals surface area contributed by atoms with E-state index in [0.717, 1.165) is 25.9 Å². The second-order valence-electron chi connectivity index (χ2n) is 6.84. The van der Waals surface area contributed by atoms with Gasteiger partial charge in [0.15, 0.2) is 0 Å². The van der Waals surface area contributed by atoms with Gasteiger partial charge in [0, 0.05) is 18.6 Å². The van der Waals surface area contributed by atoms with Crippen LogP contribution in [0.25, 0.3) is 0 Å². The summed E-state index contributed by atoms with van der Waals surface area (Å²) in [5.41, 5.74) is -0.242. The first-order valence-electron chi connectivity index (χ1n) is 8.01. The van der Waals surface area contributed by atoms with Gasteiger partial charge in [0.25, 0.3) is 0 Å². The Balaban J connectivity index is 1.99. The SMILES string of the molecule is CCN(CC(C)C)C1CCCC(C#N)(NC2CC2)C1. The first kappa shape index (κ1) is 14.8. The average molecular weight is 263 g/mol. The zero-order valence-corrected chi connectivity index (χ0v) is 12.8. The van der Waals surface area contributed by atoms with Gasteiger partial charge in [0.2, 0.25) is 0 Å². The van der Waals surface area contributed by atoms with E-state index in [1.54, 1.807) is 0 Å². The number of rotatable bonds is 6. The molecule has 0 aromatic heterocycles. The molecule has 0 heterocycles. The fourth-order valence-corrected chi connectivity index (χ4v) is 3.45. The number of hydrogen-bond acceptors (Lipinski definition) is 3. The van der Waals surface area contributed by atoms with Gasteiger partial charge in [0.1, 0.15) is 5.54 Å². The van der Waals surface area contributed by atoms with Crippen molar-refractivity contribution in [3.8, 4) is 6.07 Å². The smallest absolute Gasteiger partial charge is 0.108 e. The molecule has 2 atom stereocenters. The van der Waals surface area contributed by atoms with Crippen LogP contribution in [0.2, 0.25) is 0 Å². The summed E-state index contributed by atoms with van der Waals surface area (Å²) >= 11 is 0. The molecule has 3 nitrogen and oxygen atoms in total. The molecule has 2 fully saturated rings. The van der Waals surface area contributed by atoms with E-state index in [4.69, 9.17) is 0 Å². The van der Waals surface area contributed by atoms with Crippen LogP contribution in [-0.2, 0) is 0 Å². The zero-order valence-electron chi connectivity index (χ0n) is 12.8. The minimum absolute atomic E-state index is 0.242. The van der Waals surface area contributed by atoms with Crippen LogP contribution in [0, 0.1) is 17.2 Å². The van der Waals surface area contributed by atoms with Gasteiger partial charge in [-0.1, -0.05) is 20.8 Å². The van der Waals surface area contributed by atoms with Crippen molar-refractivity contribution in [3.05, 3.63) is 0 Å². The molecule has 2 saturated carbocycles. The third-order valence-electron chi connectivity index (χ3n) is 4.52. The summed E-state index contributed by atoms with van der Waals surface area (Å²) in [6.45, 7) is 9.08. The maximum Gasteiger partial charge on any atom is 0.108 e. The molecule has 0 spiro atoms. The molecule has 0 aromatic rings. The summed E-state index contributed by atoms with van der Waals surface area (Å²) in [4.78, 5) is 2.59. The summed E-state index contributed by atoms with van der Waals surface area (Å²) in [6, 6.07) is 3.83. The highest BCUT2D eigenvalue weighted by molar-refractivity contribution is 5.13. The molecule has 0 bridgehead atoms. The molecule has 2 rings (SSSR count). The summed E-state index contributed by atoms with van der Waals surface area (Å²) in [6.07, 6.45) is 7.02. The van der Waals surface area contributed by atoms with E-state index in [1.165, 1.54) is 25.7 Å². The van der Waals surface area contributed by atoms with E-state index >= 15 is 0 Å². The van der Waals surface area contributed by atoms with Gasteiger partial charge < -0.3 is 4.90 Å². The van der Waals surface area contributed by atoms with Crippen LogP contribution in [0.15, 0.2) is 0 Å². The van der Waals surface area contributed by atoms with Crippen molar-refractivity contribution >= 4 is 0 Å². The second-order valence-corrected chi connectivity index (χ2v) is 6.84. The van der Waals surface area contributed by atoms with E-state index in [-0.39, 0.29) is 5.54 Å². The molecule has 0 aromatic carbocycles. The molecular weight excluding hydrogens is 234 g/mol. The van der Waals surface area contributed by atoms with E-state index in [1.807, 2.05) is 0 Å². The number of hydrogen-bond donors (Lipinski definition) is 1. The van der Waals surface area contributed by atoms with Gasteiger partial charge in [-0.25, -0.2) is 0 Å². The molecular formula is C16H29N3. The summed E-state index contributed by atoms with van der Waals surface area (Å²) in [7, 11) is 0. The van der Waals surface area contributed by atoms with Crippen molar-refractivity contribution in [1.82, 2.24) is 10.2 Å². The van der Waals surface area contributed by atoms with Crippen molar-refractivity contribution in [3.63, 3.8) is 0 Å². The topological polar surface area (TPSA) is 39.1 Å². The number of nitrogens with zero attached hydrogens (tertiary/aromatic N) is 2. The third kappa shape index (κ3) is 3.94. The first-order valence-corrected chi connectivity index (χ1v) is 8.01. The van der Waals surface area contributed by atoms with Gasteiger partial charge in [-0.05, 0) is 51.0 Å². The standard InChI is InChI=1S/C16H29N3/c1-4-19(11-13(2)3)15-6-5-9-16(10-15,12-17)18-14-7-8-14/h13-15,18H,4-11H2,1-3H3. The molecule has 1 N–H and O–H groups in total. The molecule has 0 saturated heterocycles. The lowest BCUT2D eigenvalue weighted by Gasteiger charge is -2.42. The normalized spacial score (nSPS) is 31.7. The molecule has 0 aliphatic heterocycles. The summed E-state index contributed by atoms with van der Waals surface area (Å²) in [5.74, 6) is 0.703. The minimum Gasteiger partial charge on any atom is -0.300 e. The highest BCUT2D eigenvalue weighted by Gasteiger charge is 2.41. The van der Waals surface area contributed by atoms with Crippen LogP contribution in [0.5, 0.6) is 0 Å². The van der Waals surface area contributed by atoms with Gasteiger partial charge in [0.05, 0.1) is 6.07 Å². The minimum atomic E-state index is -0.242. The quantitative estimate of drug-likeness (QED) is 0.801. The first-order chi connectivity index (χ1) is 9.08. The third-order valence-corrected chi connectivity index (χ3v) is 4.52. The van der Waals surface area contributed by atoms with Crippen LogP contribution >= 0.6 is 0 Å². The predicted octanol–water partition coefficient (Wildman–Crippen LogP) is 2.92. The Bertz CT molecular complexity index is 329. The van der Waals surface area contributed by atoms with E-state index in [2.05, 4.69) is 37.1 Å². The lowest BCUT2D eigenvalue weighted by molar-refractivity contribution is 0.112. The van der Waals surface area contributed by atoms with Crippen LogP contribution in [-0.4, -0.2) is 35.6 Å². The van der Waals surface area contributed by atoms with E-state index in [9.17, 15) is 5.26 Å². The van der Waals surface area contributed by atoms with Crippen LogP contribution in [0.1, 0.15) is 59.3 Å². The maximum absolute atomic E-state index is 9.64. The Morgan fingerprint density at radius 1 is 1.37 bits per heavy atom. The molecule has 108 valence electrons. The Morgan fingerprint density at radius 3 is 2.63 bits per heavy atom. The molecule has 2 aliphatic carbocycles. The van der Waals surface area contributed by atoms with E-state index in [0.29, 0.717) is 18.0 Å². The highest BCUT2D eigenvalue weighted by atomic mass is 15.2. The second kappa shape index (κ2) is 6.24. The molecule has 2 unspecified atom stereocenters. The fourth-order valence-electron chi connectivity index (χ4n) is 3.45. The van der Waals surface area contributed by atoms with Gasteiger partial charge in [-0.15, -0.1) is 0 Å². The Hall–Kier alpha value is -0.590. The molecule has 19 heavy (non-hydrogen) atoms. The Labute approximate surface area is 118 Å². The van der Waals surface area contributed by atoms with Crippen LogP contribution in [0.4, 0.5) is 0 Å². The predicted molar refractivity (Wildman–Crippen MR) is 78.8 cm³/mol. The van der Waals surface area contributed by atoms with E-state index < -0.39 is 0 Å². The largest absolute Gasteiger partial charge is 0.300 e. The number of nitriles is 1. The van der Waals surface area contributed by atoms with Crippen molar-refractivity contribution in [1.29, 1.82) is 5.26 Å². The molecule has 2 aliphatic rings. The zero-order chi connectivity index (χ0) is 13.9. The summed E-state index contributed by atoms with van der Waals surface area (Å²) in [5, 5.41) is 13.3. The van der Waals surface area contributed by atoms with Gasteiger partial charge in [-0.3, -0.25) is 5.32 Å². The molecule has 0 amide bonds. The number of nitrogens with one attached hydrogen (secondary N) is 1. The van der Waals surface area contributed by atoms with Gasteiger partial charge in [-0.2, -0.15) is 5.26 Å². The Kier molecular flexibility index (Phi) is 4.86. The highest BCUT2D eigenvalue weighted by Crippen LogP contribution is 2.34.